The van der Waals surface area contributed by atoms with E-state index >= 15 is 0 Å². The van der Waals surface area contributed by atoms with Crippen molar-refractivity contribution in [1.29, 1.82) is 0 Å². The van der Waals surface area contributed by atoms with Crippen molar-refractivity contribution in [2.24, 2.45) is 0 Å². The second-order valence-corrected chi connectivity index (χ2v) is 9.06. The van der Waals surface area contributed by atoms with Crippen LogP contribution in [-0.4, -0.2) is 20.9 Å². The summed E-state index contributed by atoms with van der Waals surface area (Å²) in [5, 5.41) is 6.03. The zero-order chi connectivity index (χ0) is 26.4. The Labute approximate surface area is 214 Å². The summed E-state index contributed by atoms with van der Waals surface area (Å²) in [5.74, 6) is -0.490. The van der Waals surface area contributed by atoms with Crippen LogP contribution in [0, 0.1) is 13.8 Å². The molecule has 190 valence electrons. The molecule has 0 saturated heterocycles. The van der Waals surface area contributed by atoms with Gasteiger partial charge in [-0.15, -0.1) is 0 Å². The Hall–Kier alpha value is -4.46. The number of benzene rings is 3. The van der Waals surface area contributed by atoms with Crippen LogP contribution in [0.25, 0.3) is 10.9 Å². The molecule has 1 heterocycles. The number of nitrogens with zero attached hydrogens (tertiary/aromatic N) is 2. The SMILES string of the molecule is Cc1ccc(NC(=O)Cn2c(=O)n(CCCCC(=O)Nc3ccccc3)c(=O)c3ccccc32)cc1C. The zero-order valence-corrected chi connectivity index (χ0v) is 21.0. The van der Waals surface area contributed by atoms with Crippen molar-refractivity contribution in [2.75, 3.05) is 10.6 Å². The monoisotopic (exact) mass is 498 g/mol. The van der Waals surface area contributed by atoms with E-state index < -0.39 is 11.2 Å². The Morgan fingerprint density at radius 3 is 2.19 bits per heavy atom. The number of carbonyl (C=O) groups excluding carboxylic acids is 2. The number of rotatable bonds is 9. The van der Waals surface area contributed by atoms with Gasteiger partial charge < -0.3 is 10.6 Å². The maximum atomic E-state index is 13.3. The van der Waals surface area contributed by atoms with E-state index in [9.17, 15) is 19.2 Å². The average molecular weight is 499 g/mol. The number of aryl methyl sites for hydroxylation is 2. The van der Waals surface area contributed by atoms with Crippen LogP contribution in [0.15, 0.2) is 82.4 Å². The standard InChI is InChI=1S/C29H30N4O4/c1-20-15-16-23(18-21(20)2)31-27(35)19-33-25-13-7-6-12-24(25)28(36)32(29(33)37)17-9-8-14-26(34)30-22-10-4-3-5-11-22/h3-7,10-13,15-16,18H,8-9,14,17,19H2,1-2H3,(H,30,34)(H,31,35). The molecule has 0 bridgehead atoms. The van der Waals surface area contributed by atoms with E-state index in [4.69, 9.17) is 0 Å². The predicted octanol–water partition coefficient (Wildman–Crippen LogP) is 4.23. The molecule has 37 heavy (non-hydrogen) atoms. The van der Waals surface area contributed by atoms with Gasteiger partial charge in [0.2, 0.25) is 11.8 Å². The zero-order valence-electron chi connectivity index (χ0n) is 21.0. The lowest BCUT2D eigenvalue weighted by Crippen LogP contribution is -2.41. The molecule has 1 aromatic heterocycles. The number of aromatic nitrogens is 2. The van der Waals surface area contributed by atoms with E-state index in [-0.39, 0.29) is 31.3 Å². The van der Waals surface area contributed by atoms with E-state index in [1.165, 1.54) is 4.57 Å². The molecule has 2 N–H and O–H groups in total. The molecule has 4 rings (SSSR count). The first-order valence-corrected chi connectivity index (χ1v) is 12.3. The normalized spacial score (nSPS) is 10.9. The molecule has 0 atom stereocenters. The number of unbranched alkanes of at least 4 members (excludes halogenated alkanes) is 1. The highest BCUT2D eigenvalue weighted by Gasteiger charge is 2.15. The van der Waals surface area contributed by atoms with E-state index in [1.54, 1.807) is 24.3 Å². The maximum absolute atomic E-state index is 13.3. The fourth-order valence-corrected chi connectivity index (χ4v) is 4.18. The summed E-state index contributed by atoms with van der Waals surface area (Å²) in [6, 6.07) is 21.6. The minimum absolute atomic E-state index is 0.127. The first kappa shape index (κ1) is 25.6. The van der Waals surface area contributed by atoms with Gasteiger partial charge in [-0.3, -0.25) is 23.5 Å². The van der Waals surface area contributed by atoms with E-state index in [0.717, 1.165) is 21.4 Å². The first-order chi connectivity index (χ1) is 17.8. The molecule has 0 fully saturated rings. The van der Waals surface area contributed by atoms with Gasteiger partial charge in [-0.05, 0) is 74.2 Å². The summed E-state index contributed by atoms with van der Waals surface area (Å²) in [7, 11) is 0. The highest BCUT2D eigenvalue weighted by molar-refractivity contribution is 5.92. The number of carbonyl (C=O) groups is 2. The molecule has 2 amide bonds. The third-order valence-corrected chi connectivity index (χ3v) is 6.32. The highest BCUT2D eigenvalue weighted by atomic mass is 16.2. The van der Waals surface area contributed by atoms with Gasteiger partial charge in [0.05, 0.1) is 10.9 Å². The maximum Gasteiger partial charge on any atom is 0.331 e. The molecule has 0 saturated carbocycles. The molecule has 8 nitrogen and oxygen atoms in total. The highest BCUT2D eigenvalue weighted by Crippen LogP contribution is 2.15. The van der Waals surface area contributed by atoms with Crippen molar-refractivity contribution in [3.63, 3.8) is 0 Å². The quantitative estimate of drug-likeness (QED) is 0.337. The minimum atomic E-state index is -0.548. The summed E-state index contributed by atoms with van der Waals surface area (Å²) in [6.07, 6.45) is 1.24. The van der Waals surface area contributed by atoms with Crippen molar-refractivity contribution >= 4 is 34.1 Å². The number of amides is 2. The molecule has 0 aliphatic heterocycles. The van der Waals surface area contributed by atoms with Crippen LogP contribution in [-0.2, 0) is 22.7 Å². The van der Waals surface area contributed by atoms with Crippen LogP contribution in [0.3, 0.4) is 0 Å². The second-order valence-electron chi connectivity index (χ2n) is 9.06. The van der Waals surface area contributed by atoms with E-state index in [2.05, 4.69) is 10.6 Å². The molecule has 0 unspecified atom stereocenters. The molecular formula is C29H30N4O4. The summed E-state index contributed by atoms with van der Waals surface area (Å²) < 4.78 is 2.48. The van der Waals surface area contributed by atoms with Gasteiger partial charge in [0.25, 0.3) is 5.56 Å². The molecule has 0 spiro atoms. The first-order valence-electron chi connectivity index (χ1n) is 12.3. The number of nitrogens with one attached hydrogen (secondary N) is 2. The summed E-state index contributed by atoms with van der Waals surface area (Å²) >= 11 is 0. The lowest BCUT2D eigenvalue weighted by molar-refractivity contribution is -0.117. The van der Waals surface area contributed by atoms with Crippen LogP contribution in [0.5, 0.6) is 0 Å². The molecule has 0 radical (unpaired) electrons. The summed E-state index contributed by atoms with van der Waals surface area (Å²) in [5.41, 5.74) is 2.99. The number of anilines is 2. The largest absolute Gasteiger partial charge is 0.331 e. The van der Waals surface area contributed by atoms with Gasteiger partial charge in [-0.2, -0.15) is 0 Å². The van der Waals surface area contributed by atoms with Gasteiger partial charge in [0.15, 0.2) is 0 Å². The van der Waals surface area contributed by atoms with Crippen LogP contribution in [0.1, 0.15) is 30.4 Å². The summed E-state index contributed by atoms with van der Waals surface area (Å²) in [6.45, 7) is 3.88. The van der Waals surface area contributed by atoms with E-state index in [1.807, 2.05) is 62.4 Å². The number of hydrogen-bond donors (Lipinski definition) is 2. The van der Waals surface area contributed by atoms with Gasteiger partial charge >= 0.3 is 5.69 Å². The molecule has 8 heteroatoms. The van der Waals surface area contributed by atoms with E-state index in [0.29, 0.717) is 29.4 Å². The Bertz CT molecular complexity index is 1550. The van der Waals surface area contributed by atoms with Crippen molar-refractivity contribution in [3.05, 3.63) is 105 Å². The Balaban J connectivity index is 1.48. The van der Waals surface area contributed by atoms with Gasteiger partial charge in [0.1, 0.15) is 6.54 Å². The third-order valence-electron chi connectivity index (χ3n) is 6.32. The molecule has 4 aromatic rings. The fourth-order valence-electron chi connectivity index (χ4n) is 4.18. The van der Waals surface area contributed by atoms with Crippen molar-refractivity contribution in [3.8, 4) is 0 Å². The number of hydrogen-bond acceptors (Lipinski definition) is 4. The molecule has 0 aliphatic carbocycles. The van der Waals surface area contributed by atoms with Crippen LogP contribution >= 0.6 is 0 Å². The van der Waals surface area contributed by atoms with Crippen LogP contribution < -0.4 is 21.9 Å². The molecule has 0 aliphatic rings. The van der Waals surface area contributed by atoms with Crippen molar-refractivity contribution in [2.45, 2.75) is 46.2 Å². The van der Waals surface area contributed by atoms with Gasteiger partial charge in [0, 0.05) is 24.3 Å². The Kier molecular flexibility index (Phi) is 7.98. The lowest BCUT2D eigenvalue weighted by atomic mass is 10.1. The predicted molar refractivity (Wildman–Crippen MR) is 146 cm³/mol. The topological polar surface area (TPSA) is 102 Å². The third kappa shape index (κ3) is 6.22. The number of para-hydroxylation sites is 2. The Morgan fingerprint density at radius 1 is 0.730 bits per heavy atom. The smallest absolute Gasteiger partial charge is 0.326 e. The average Bonchev–Trinajstić information content (AvgIpc) is 2.89. The second kappa shape index (κ2) is 11.5. The van der Waals surface area contributed by atoms with Crippen LogP contribution in [0.4, 0.5) is 11.4 Å². The van der Waals surface area contributed by atoms with Crippen molar-refractivity contribution < 1.29 is 9.59 Å². The Morgan fingerprint density at radius 2 is 1.43 bits per heavy atom. The van der Waals surface area contributed by atoms with Crippen LogP contribution in [0.2, 0.25) is 0 Å². The lowest BCUT2D eigenvalue weighted by Gasteiger charge is -2.14. The van der Waals surface area contributed by atoms with Crippen molar-refractivity contribution in [1.82, 2.24) is 9.13 Å². The molecular weight excluding hydrogens is 468 g/mol. The van der Waals surface area contributed by atoms with Gasteiger partial charge in [-0.1, -0.05) is 36.4 Å². The van der Waals surface area contributed by atoms with Gasteiger partial charge in [-0.25, -0.2) is 4.79 Å². The molecule has 3 aromatic carbocycles. The minimum Gasteiger partial charge on any atom is -0.326 e. The number of fused-ring (bicyclic) bond motifs is 1. The fraction of sp³-hybridized carbons (Fsp3) is 0.241. The summed E-state index contributed by atoms with van der Waals surface area (Å²) in [4.78, 5) is 51.5.